The van der Waals surface area contributed by atoms with Crippen molar-refractivity contribution in [3.8, 4) is 0 Å². The van der Waals surface area contributed by atoms with Crippen LogP contribution in [0.2, 0.25) is 0 Å². The van der Waals surface area contributed by atoms with Gasteiger partial charge >= 0.3 is 0 Å². The molecule has 0 bridgehead atoms. The topological polar surface area (TPSA) is 92.4 Å². The van der Waals surface area contributed by atoms with Crippen LogP contribution in [-0.2, 0) is 28.6 Å². The molecule has 0 saturated carbocycles. The van der Waals surface area contributed by atoms with Crippen LogP contribution in [0.15, 0.2) is 42.6 Å². The predicted molar refractivity (Wildman–Crippen MR) is 83.0 cm³/mol. The Kier molecular flexibility index (Phi) is 5.70. The van der Waals surface area contributed by atoms with Gasteiger partial charge < -0.3 is 10.2 Å². The van der Waals surface area contributed by atoms with Gasteiger partial charge in [-0.15, -0.1) is 0 Å². The Morgan fingerprint density at radius 2 is 1.91 bits per heavy atom. The molecule has 2 N–H and O–H groups in total. The highest BCUT2D eigenvalue weighted by Gasteiger charge is 2.18. The normalized spacial score (nSPS) is 13.2. The molecule has 120 valence electrons. The number of nitrogens with zero attached hydrogens (tertiary/aromatic N) is 2. The van der Waals surface area contributed by atoms with Crippen molar-refractivity contribution in [2.24, 2.45) is 0 Å². The van der Waals surface area contributed by atoms with E-state index in [2.05, 4.69) is 5.10 Å². The van der Waals surface area contributed by atoms with Crippen LogP contribution in [0.1, 0.15) is 11.3 Å². The first-order chi connectivity index (χ1) is 10.5. The van der Waals surface area contributed by atoms with Crippen LogP contribution in [0.3, 0.4) is 0 Å². The number of hydrogen-bond acceptors (Lipinski definition) is 5. The minimum atomic E-state index is -3.49. The summed E-state index contributed by atoms with van der Waals surface area (Å²) in [5.41, 5.74) is 1.64. The van der Waals surface area contributed by atoms with E-state index < -0.39 is 28.3 Å². The van der Waals surface area contributed by atoms with Gasteiger partial charge in [0.25, 0.3) is 0 Å². The van der Waals surface area contributed by atoms with Crippen LogP contribution < -0.4 is 0 Å². The number of aromatic nitrogens is 2. The van der Waals surface area contributed by atoms with Gasteiger partial charge in [-0.1, -0.05) is 30.3 Å². The molecule has 0 saturated heterocycles. The molecule has 0 unspecified atom stereocenters. The number of hydrogen-bond donors (Lipinski definition) is 2. The summed E-state index contributed by atoms with van der Waals surface area (Å²) >= 11 is 0. The SMILES string of the molecule is O=S(=O)(Cc1ccn(CCc2ccccc2)n1)C[C@@H](O)CO. The van der Waals surface area contributed by atoms with E-state index in [0.717, 1.165) is 6.42 Å². The fourth-order valence-corrected chi connectivity index (χ4v) is 3.54. The van der Waals surface area contributed by atoms with Crippen molar-refractivity contribution in [1.82, 2.24) is 9.78 Å². The Labute approximate surface area is 129 Å². The molecule has 2 rings (SSSR count). The maximum Gasteiger partial charge on any atom is 0.158 e. The number of sulfone groups is 1. The number of aryl methyl sites for hydroxylation is 2. The van der Waals surface area contributed by atoms with Crippen molar-refractivity contribution < 1.29 is 18.6 Å². The molecular weight excluding hydrogens is 304 g/mol. The second kappa shape index (κ2) is 7.53. The Hall–Kier alpha value is -1.70. The Balaban J connectivity index is 1.91. The Morgan fingerprint density at radius 3 is 2.59 bits per heavy atom. The minimum Gasteiger partial charge on any atom is -0.394 e. The predicted octanol–water partition coefficient (Wildman–Crippen LogP) is 0.394. The average molecular weight is 324 g/mol. The molecule has 0 radical (unpaired) electrons. The molecule has 0 amide bonds. The van der Waals surface area contributed by atoms with Gasteiger partial charge in [-0.2, -0.15) is 5.10 Å². The van der Waals surface area contributed by atoms with Crippen molar-refractivity contribution in [2.75, 3.05) is 12.4 Å². The smallest absolute Gasteiger partial charge is 0.158 e. The van der Waals surface area contributed by atoms with E-state index in [1.54, 1.807) is 16.9 Å². The maximum atomic E-state index is 11.8. The molecule has 1 atom stereocenters. The van der Waals surface area contributed by atoms with Gasteiger partial charge in [0.1, 0.15) is 0 Å². The van der Waals surface area contributed by atoms with Crippen molar-refractivity contribution in [1.29, 1.82) is 0 Å². The van der Waals surface area contributed by atoms with Crippen LogP contribution in [-0.4, -0.2) is 46.9 Å². The van der Waals surface area contributed by atoms with Gasteiger partial charge in [0.15, 0.2) is 9.84 Å². The van der Waals surface area contributed by atoms with E-state index in [-0.39, 0.29) is 5.75 Å². The molecule has 0 fully saturated rings. The number of aliphatic hydroxyl groups excluding tert-OH is 2. The van der Waals surface area contributed by atoms with Crippen LogP contribution >= 0.6 is 0 Å². The fourth-order valence-electron chi connectivity index (χ4n) is 2.12. The Morgan fingerprint density at radius 1 is 1.18 bits per heavy atom. The van der Waals surface area contributed by atoms with Crippen LogP contribution in [0.5, 0.6) is 0 Å². The molecule has 0 aliphatic heterocycles. The molecule has 1 aromatic carbocycles. The second-order valence-electron chi connectivity index (χ2n) is 5.20. The summed E-state index contributed by atoms with van der Waals surface area (Å²) in [4.78, 5) is 0. The van der Waals surface area contributed by atoms with Gasteiger partial charge in [-0.3, -0.25) is 4.68 Å². The van der Waals surface area contributed by atoms with Crippen molar-refractivity contribution in [3.63, 3.8) is 0 Å². The lowest BCUT2D eigenvalue weighted by atomic mass is 10.2. The van der Waals surface area contributed by atoms with Crippen LogP contribution in [0.25, 0.3) is 0 Å². The summed E-state index contributed by atoms with van der Waals surface area (Å²) in [6.45, 7) is 0.105. The van der Waals surface area contributed by atoms with Crippen molar-refractivity contribution in [3.05, 3.63) is 53.9 Å². The Bertz CT molecular complexity index is 683. The molecular formula is C15H20N2O4S. The quantitative estimate of drug-likeness (QED) is 0.733. The minimum absolute atomic E-state index is 0.234. The van der Waals surface area contributed by atoms with Gasteiger partial charge in [0, 0.05) is 12.7 Å². The summed E-state index contributed by atoms with van der Waals surface area (Å²) < 4.78 is 25.4. The van der Waals surface area contributed by atoms with E-state index in [0.29, 0.717) is 12.2 Å². The monoisotopic (exact) mass is 324 g/mol. The lowest BCUT2D eigenvalue weighted by Crippen LogP contribution is -2.25. The first-order valence-electron chi connectivity index (χ1n) is 7.04. The average Bonchev–Trinajstić information content (AvgIpc) is 2.92. The van der Waals surface area contributed by atoms with E-state index >= 15 is 0 Å². The fraction of sp³-hybridized carbons (Fsp3) is 0.400. The largest absolute Gasteiger partial charge is 0.394 e. The summed E-state index contributed by atoms with van der Waals surface area (Å²) in [5.74, 6) is -0.692. The standard InChI is InChI=1S/C15H20N2O4S/c18-10-15(19)12-22(20,21)11-14-7-9-17(16-14)8-6-13-4-2-1-3-5-13/h1-5,7,9,15,18-19H,6,8,10-12H2/t15-/m0/s1. The van der Waals surface area contributed by atoms with Gasteiger partial charge in [0.2, 0.25) is 0 Å². The lowest BCUT2D eigenvalue weighted by Gasteiger charge is -2.07. The number of benzene rings is 1. The molecule has 1 heterocycles. The zero-order valence-corrected chi connectivity index (χ0v) is 13.0. The van der Waals surface area contributed by atoms with Gasteiger partial charge in [-0.25, -0.2) is 8.42 Å². The molecule has 0 aliphatic carbocycles. The zero-order chi connectivity index (χ0) is 16.0. The maximum absolute atomic E-state index is 11.8. The molecule has 2 aromatic rings. The first-order valence-corrected chi connectivity index (χ1v) is 8.86. The van der Waals surface area contributed by atoms with Crippen LogP contribution in [0.4, 0.5) is 0 Å². The highest BCUT2D eigenvalue weighted by Crippen LogP contribution is 2.07. The van der Waals surface area contributed by atoms with Crippen LogP contribution in [0, 0.1) is 0 Å². The molecule has 6 nitrogen and oxygen atoms in total. The van der Waals surface area contributed by atoms with E-state index in [1.807, 2.05) is 30.3 Å². The van der Waals surface area contributed by atoms with Gasteiger partial charge in [0.05, 0.1) is 29.9 Å². The third-order valence-corrected chi connectivity index (χ3v) is 4.82. The van der Waals surface area contributed by atoms with E-state index in [4.69, 9.17) is 5.11 Å². The lowest BCUT2D eigenvalue weighted by molar-refractivity contribution is 0.112. The number of aliphatic hydroxyl groups is 2. The summed E-state index contributed by atoms with van der Waals surface area (Å²) in [7, 11) is -3.49. The third-order valence-electron chi connectivity index (χ3n) is 3.19. The third kappa shape index (κ3) is 5.25. The molecule has 1 aromatic heterocycles. The van der Waals surface area contributed by atoms with Crippen molar-refractivity contribution >= 4 is 9.84 Å². The highest BCUT2D eigenvalue weighted by molar-refractivity contribution is 7.90. The molecule has 0 aliphatic rings. The summed E-state index contributed by atoms with van der Waals surface area (Å²) in [5, 5.41) is 22.2. The van der Waals surface area contributed by atoms with E-state index in [9.17, 15) is 13.5 Å². The summed E-state index contributed by atoms with van der Waals surface area (Å²) in [6, 6.07) is 11.6. The second-order valence-corrected chi connectivity index (χ2v) is 7.31. The van der Waals surface area contributed by atoms with E-state index in [1.165, 1.54) is 5.56 Å². The first kappa shape index (κ1) is 16.7. The zero-order valence-electron chi connectivity index (χ0n) is 12.2. The highest BCUT2D eigenvalue weighted by atomic mass is 32.2. The van der Waals surface area contributed by atoms with Crippen molar-refractivity contribution in [2.45, 2.75) is 24.8 Å². The molecule has 0 spiro atoms. The van der Waals surface area contributed by atoms with Gasteiger partial charge in [-0.05, 0) is 18.1 Å². The summed E-state index contributed by atoms with van der Waals surface area (Å²) in [6.07, 6.45) is 1.32. The molecule has 7 heteroatoms. The number of rotatable bonds is 8. The molecule has 22 heavy (non-hydrogen) atoms.